The molecular weight excluding hydrogens is 272 g/mol. The van der Waals surface area contributed by atoms with E-state index in [1.165, 1.54) is 18.2 Å². The number of nitrogens with zero attached hydrogens (tertiary/aromatic N) is 1. The number of amides is 2. The van der Waals surface area contributed by atoms with E-state index in [4.69, 9.17) is 5.73 Å². The topological polar surface area (TPSA) is 104 Å². The van der Waals surface area contributed by atoms with E-state index in [-0.39, 0.29) is 34.9 Å². The van der Waals surface area contributed by atoms with Gasteiger partial charge in [0, 0.05) is 5.69 Å². The number of imide groups is 1. The highest BCUT2D eigenvalue weighted by Crippen LogP contribution is 2.30. The van der Waals surface area contributed by atoms with Gasteiger partial charge in [-0.2, -0.15) is 0 Å². The van der Waals surface area contributed by atoms with Crippen LogP contribution in [0, 0.1) is 0 Å². The molecule has 0 saturated carbocycles. The molecule has 2 amide bonds. The highest BCUT2D eigenvalue weighted by molar-refractivity contribution is 6.23. The number of nitrogens with two attached hydrogens (primary N) is 1. The third-order valence-electron chi connectivity index (χ3n) is 3.41. The van der Waals surface area contributed by atoms with Crippen LogP contribution in [0.15, 0.2) is 36.4 Å². The van der Waals surface area contributed by atoms with Gasteiger partial charge in [-0.1, -0.05) is 12.1 Å². The fourth-order valence-corrected chi connectivity index (χ4v) is 2.35. The first-order chi connectivity index (χ1) is 9.99. The molecule has 3 rings (SSSR count). The first-order valence-electron chi connectivity index (χ1n) is 6.24. The molecule has 6 heteroatoms. The summed E-state index contributed by atoms with van der Waals surface area (Å²) in [5, 5.41) is 18.7. The molecular formula is C15H12N2O4. The lowest BCUT2D eigenvalue weighted by molar-refractivity contribution is 0.0642. The van der Waals surface area contributed by atoms with Crippen molar-refractivity contribution in [3.8, 4) is 11.5 Å². The van der Waals surface area contributed by atoms with Gasteiger partial charge in [0.05, 0.1) is 17.7 Å². The Labute approximate surface area is 120 Å². The second kappa shape index (κ2) is 4.52. The average molecular weight is 284 g/mol. The van der Waals surface area contributed by atoms with E-state index < -0.39 is 11.8 Å². The maximum atomic E-state index is 12.3. The predicted octanol–water partition coefficient (Wildman–Crippen LogP) is 1.48. The van der Waals surface area contributed by atoms with Crippen molar-refractivity contribution < 1.29 is 19.8 Å². The van der Waals surface area contributed by atoms with Gasteiger partial charge in [-0.15, -0.1) is 0 Å². The van der Waals surface area contributed by atoms with E-state index in [9.17, 15) is 19.8 Å². The molecule has 6 nitrogen and oxygen atoms in total. The molecule has 2 aromatic rings. The molecule has 2 aromatic carbocycles. The summed E-state index contributed by atoms with van der Waals surface area (Å²) in [4.78, 5) is 25.6. The van der Waals surface area contributed by atoms with Crippen LogP contribution in [0.4, 0.5) is 5.69 Å². The minimum absolute atomic E-state index is 0.000370. The van der Waals surface area contributed by atoms with Gasteiger partial charge < -0.3 is 15.9 Å². The second-order valence-corrected chi connectivity index (χ2v) is 4.79. The van der Waals surface area contributed by atoms with Crippen molar-refractivity contribution in [1.29, 1.82) is 0 Å². The van der Waals surface area contributed by atoms with Crippen molar-refractivity contribution in [1.82, 2.24) is 4.90 Å². The summed E-state index contributed by atoms with van der Waals surface area (Å²) in [5.41, 5.74) is 7.04. The number of hydrogen-bond acceptors (Lipinski definition) is 5. The van der Waals surface area contributed by atoms with Gasteiger partial charge in [-0.3, -0.25) is 14.5 Å². The van der Waals surface area contributed by atoms with Crippen LogP contribution in [0.25, 0.3) is 0 Å². The Hall–Kier alpha value is -3.02. The normalized spacial score (nSPS) is 13.6. The SMILES string of the molecule is Nc1cccc2c1C(=O)N(Cc1ccc(O)c(O)c1)C2=O. The lowest BCUT2D eigenvalue weighted by atomic mass is 10.1. The van der Waals surface area contributed by atoms with E-state index >= 15 is 0 Å². The highest BCUT2D eigenvalue weighted by atomic mass is 16.3. The van der Waals surface area contributed by atoms with E-state index in [0.717, 1.165) is 4.90 Å². The first kappa shape index (κ1) is 13.0. The van der Waals surface area contributed by atoms with Crippen molar-refractivity contribution in [2.24, 2.45) is 0 Å². The molecule has 21 heavy (non-hydrogen) atoms. The van der Waals surface area contributed by atoms with Crippen molar-refractivity contribution in [2.45, 2.75) is 6.54 Å². The summed E-state index contributed by atoms with van der Waals surface area (Å²) < 4.78 is 0. The number of hydrogen-bond donors (Lipinski definition) is 3. The molecule has 0 radical (unpaired) electrons. The van der Waals surface area contributed by atoms with Gasteiger partial charge in [0.2, 0.25) is 0 Å². The zero-order valence-corrected chi connectivity index (χ0v) is 10.9. The van der Waals surface area contributed by atoms with Gasteiger partial charge in [-0.05, 0) is 29.8 Å². The standard InChI is InChI=1S/C15H12N2O4/c16-10-3-1-2-9-13(10)15(21)17(14(9)20)7-8-4-5-11(18)12(19)6-8/h1-6,18-19H,7,16H2. The largest absolute Gasteiger partial charge is 0.504 e. The molecule has 1 aliphatic rings. The monoisotopic (exact) mass is 284 g/mol. The molecule has 0 aliphatic carbocycles. The summed E-state index contributed by atoms with van der Waals surface area (Å²) in [5.74, 6) is -1.44. The number of phenols is 2. The quantitative estimate of drug-likeness (QED) is 0.440. The number of nitrogen functional groups attached to an aromatic ring is 1. The van der Waals surface area contributed by atoms with Crippen molar-refractivity contribution in [3.05, 3.63) is 53.1 Å². The zero-order valence-electron chi connectivity index (χ0n) is 10.9. The van der Waals surface area contributed by atoms with Crippen LogP contribution >= 0.6 is 0 Å². The van der Waals surface area contributed by atoms with Gasteiger partial charge in [0.1, 0.15) is 0 Å². The number of phenolic OH excluding ortho intramolecular Hbond substituents is 2. The Balaban J connectivity index is 1.95. The minimum atomic E-state index is -0.458. The van der Waals surface area contributed by atoms with E-state index in [1.54, 1.807) is 18.2 Å². The predicted molar refractivity (Wildman–Crippen MR) is 74.8 cm³/mol. The Bertz CT molecular complexity index is 770. The molecule has 106 valence electrons. The number of carbonyl (C=O) groups excluding carboxylic acids is 2. The van der Waals surface area contributed by atoms with Crippen molar-refractivity contribution in [3.63, 3.8) is 0 Å². The fraction of sp³-hybridized carbons (Fsp3) is 0.0667. The second-order valence-electron chi connectivity index (χ2n) is 4.79. The molecule has 0 bridgehead atoms. The molecule has 0 atom stereocenters. The number of fused-ring (bicyclic) bond motifs is 1. The molecule has 1 aliphatic heterocycles. The Morgan fingerprint density at radius 3 is 2.43 bits per heavy atom. The van der Waals surface area contributed by atoms with Gasteiger partial charge in [0.15, 0.2) is 11.5 Å². The Morgan fingerprint density at radius 1 is 1.00 bits per heavy atom. The number of rotatable bonds is 2. The fourth-order valence-electron chi connectivity index (χ4n) is 2.35. The van der Waals surface area contributed by atoms with Crippen LogP contribution < -0.4 is 5.73 Å². The molecule has 0 spiro atoms. The zero-order chi connectivity index (χ0) is 15.1. The Kier molecular flexibility index (Phi) is 2.79. The van der Waals surface area contributed by atoms with Crippen LogP contribution in [0.2, 0.25) is 0 Å². The Morgan fingerprint density at radius 2 is 1.76 bits per heavy atom. The molecule has 1 heterocycles. The molecule has 4 N–H and O–H groups in total. The van der Waals surface area contributed by atoms with Crippen LogP contribution in [-0.2, 0) is 6.54 Å². The summed E-state index contributed by atoms with van der Waals surface area (Å²) in [6.45, 7) is -0.000370. The molecule has 0 fully saturated rings. The third kappa shape index (κ3) is 1.97. The van der Waals surface area contributed by atoms with Gasteiger partial charge in [0.25, 0.3) is 11.8 Å². The van der Waals surface area contributed by atoms with E-state index in [2.05, 4.69) is 0 Å². The number of benzene rings is 2. The summed E-state index contributed by atoms with van der Waals surface area (Å²) in [6.07, 6.45) is 0. The average Bonchev–Trinajstić information content (AvgIpc) is 2.69. The van der Waals surface area contributed by atoms with Crippen molar-refractivity contribution >= 4 is 17.5 Å². The van der Waals surface area contributed by atoms with Crippen LogP contribution in [0.1, 0.15) is 26.3 Å². The number of carbonyl (C=O) groups is 2. The summed E-state index contributed by atoms with van der Waals surface area (Å²) >= 11 is 0. The number of aromatic hydroxyl groups is 2. The maximum Gasteiger partial charge on any atom is 0.263 e. The van der Waals surface area contributed by atoms with E-state index in [0.29, 0.717) is 5.56 Å². The lowest BCUT2D eigenvalue weighted by Crippen LogP contribution is -2.29. The smallest absolute Gasteiger partial charge is 0.263 e. The van der Waals surface area contributed by atoms with E-state index in [1.807, 2.05) is 0 Å². The third-order valence-corrected chi connectivity index (χ3v) is 3.41. The van der Waals surface area contributed by atoms with Gasteiger partial charge >= 0.3 is 0 Å². The minimum Gasteiger partial charge on any atom is -0.504 e. The van der Waals surface area contributed by atoms with Crippen molar-refractivity contribution in [2.75, 3.05) is 5.73 Å². The van der Waals surface area contributed by atoms with Crippen LogP contribution in [0.5, 0.6) is 11.5 Å². The van der Waals surface area contributed by atoms with Crippen LogP contribution in [-0.4, -0.2) is 26.9 Å². The summed E-state index contributed by atoms with van der Waals surface area (Å²) in [6, 6.07) is 8.89. The first-order valence-corrected chi connectivity index (χ1v) is 6.24. The van der Waals surface area contributed by atoms with Gasteiger partial charge in [-0.25, -0.2) is 0 Å². The number of anilines is 1. The molecule has 0 unspecified atom stereocenters. The highest BCUT2D eigenvalue weighted by Gasteiger charge is 2.36. The summed E-state index contributed by atoms with van der Waals surface area (Å²) in [7, 11) is 0. The lowest BCUT2D eigenvalue weighted by Gasteiger charge is -2.14. The van der Waals surface area contributed by atoms with Crippen LogP contribution in [0.3, 0.4) is 0 Å². The molecule has 0 saturated heterocycles. The maximum absolute atomic E-state index is 12.3. The molecule has 0 aromatic heterocycles.